The highest BCUT2D eigenvalue weighted by Gasteiger charge is 2.19. The molecule has 1 N–H and O–H groups in total. The number of carbonyl (C=O) groups excluding carboxylic acids is 2. The lowest BCUT2D eigenvalue weighted by Crippen LogP contribution is -2.32. The lowest BCUT2D eigenvalue weighted by atomic mass is 10.1. The van der Waals surface area contributed by atoms with E-state index in [1.165, 1.54) is 7.11 Å². The van der Waals surface area contributed by atoms with Crippen molar-refractivity contribution in [3.63, 3.8) is 0 Å². The third-order valence-corrected chi connectivity index (χ3v) is 3.32. The number of hydrogen-bond donors (Lipinski definition) is 1. The number of hydrogen-bond acceptors (Lipinski definition) is 6. The van der Waals surface area contributed by atoms with Crippen LogP contribution >= 0.6 is 0 Å². The molecular weight excluding hydrogens is 312 g/mol. The molecule has 0 radical (unpaired) electrons. The molecule has 0 saturated carbocycles. The van der Waals surface area contributed by atoms with E-state index in [0.29, 0.717) is 23.7 Å². The van der Waals surface area contributed by atoms with E-state index < -0.39 is 6.10 Å². The lowest BCUT2D eigenvalue weighted by molar-refractivity contribution is -0.139. The first-order valence-corrected chi connectivity index (χ1v) is 7.58. The Hall–Kier alpha value is -2.83. The van der Waals surface area contributed by atoms with Gasteiger partial charge in [-0.2, -0.15) is 0 Å². The third-order valence-electron chi connectivity index (χ3n) is 3.32. The van der Waals surface area contributed by atoms with E-state index in [1.54, 1.807) is 37.3 Å². The molecule has 0 fully saturated rings. The zero-order valence-electron chi connectivity index (χ0n) is 13.9. The summed E-state index contributed by atoms with van der Waals surface area (Å²) >= 11 is 0. The molecule has 128 valence electrons. The van der Waals surface area contributed by atoms with Gasteiger partial charge >= 0.3 is 5.97 Å². The predicted molar refractivity (Wildman–Crippen MR) is 86.7 cm³/mol. The van der Waals surface area contributed by atoms with Crippen LogP contribution in [0.4, 0.5) is 5.82 Å². The maximum absolute atomic E-state index is 12.2. The summed E-state index contributed by atoms with van der Waals surface area (Å²) in [6.07, 6.45) is 0.0282. The van der Waals surface area contributed by atoms with Crippen LogP contribution in [0.25, 0.3) is 0 Å². The van der Waals surface area contributed by atoms with Crippen molar-refractivity contribution in [2.45, 2.75) is 32.8 Å². The quantitative estimate of drug-likeness (QED) is 0.783. The van der Waals surface area contributed by atoms with E-state index in [1.807, 2.05) is 6.92 Å². The molecule has 0 aliphatic heterocycles. The Balaban J connectivity index is 1.96. The van der Waals surface area contributed by atoms with Crippen molar-refractivity contribution in [2.24, 2.45) is 0 Å². The zero-order valence-corrected chi connectivity index (χ0v) is 13.9. The molecule has 1 heterocycles. The number of ether oxygens (including phenoxy) is 2. The predicted octanol–water partition coefficient (Wildman–Crippen LogP) is 2.49. The number of carbonyl (C=O) groups is 2. The average Bonchev–Trinajstić information content (AvgIpc) is 2.98. The molecule has 7 nitrogen and oxygen atoms in total. The number of aromatic nitrogens is 1. The number of anilines is 1. The molecule has 2 aromatic rings. The van der Waals surface area contributed by atoms with Gasteiger partial charge in [-0.05, 0) is 31.0 Å². The maximum Gasteiger partial charge on any atom is 0.309 e. The number of esters is 1. The number of aryl methyl sites for hydroxylation is 1. The number of benzene rings is 1. The molecule has 0 aliphatic rings. The molecule has 1 atom stereocenters. The minimum absolute atomic E-state index is 0.194. The van der Waals surface area contributed by atoms with Gasteiger partial charge in [-0.15, -0.1) is 0 Å². The number of methoxy groups -OCH3 is 1. The topological polar surface area (TPSA) is 90.7 Å². The molecule has 0 saturated heterocycles. The highest BCUT2D eigenvalue weighted by atomic mass is 16.5. The van der Waals surface area contributed by atoms with Gasteiger partial charge < -0.3 is 19.3 Å². The molecule has 0 spiro atoms. The minimum Gasteiger partial charge on any atom is -0.481 e. The van der Waals surface area contributed by atoms with Crippen molar-refractivity contribution in [1.82, 2.24) is 5.16 Å². The summed E-state index contributed by atoms with van der Waals surface area (Å²) < 4.78 is 15.2. The molecule has 0 unspecified atom stereocenters. The molecule has 1 aromatic carbocycles. The molecule has 24 heavy (non-hydrogen) atoms. The normalized spacial score (nSPS) is 11.6. The van der Waals surface area contributed by atoms with Crippen LogP contribution in [0.2, 0.25) is 0 Å². The second-order valence-corrected chi connectivity index (χ2v) is 5.22. The van der Waals surface area contributed by atoms with Crippen LogP contribution in [0, 0.1) is 6.92 Å². The fraction of sp³-hybridized carbons (Fsp3) is 0.353. The Labute approximate surface area is 139 Å². The lowest BCUT2D eigenvalue weighted by Gasteiger charge is -2.16. The standard InChI is InChI=1S/C17H20N2O5/c1-4-14(17(21)18-15-9-11(2)24-19-15)23-13-7-5-12(6-8-13)10-16(20)22-3/h5-9,14H,4,10H2,1-3H3,(H,18,19,21)/t14-/m1/s1. The summed E-state index contributed by atoms with van der Waals surface area (Å²) in [5.74, 6) is 0.900. The van der Waals surface area contributed by atoms with E-state index in [4.69, 9.17) is 9.26 Å². The van der Waals surface area contributed by atoms with Crippen molar-refractivity contribution >= 4 is 17.7 Å². The first-order chi connectivity index (χ1) is 11.5. The molecule has 1 amide bonds. The number of rotatable bonds is 7. The van der Waals surface area contributed by atoms with Crippen molar-refractivity contribution in [2.75, 3.05) is 12.4 Å². The molecule has 1 aromatic heterocycles. The highest BCUT2D eigenvalue weighted by Crippen LogP contribution is 2.17. The molecule has 0 aliphatic carbocycles. The van der Waals surface area contributed by atoms with E-state index in [9.17, 15) is 9.59 Å². The summed E-state index contributed by atoms with van der Waals surface area (Å²) in [6.45, 7) is 3.59. The molecule has 0 bridgehead atoms. The first-order valence-electron chi connectivity index (χ1n) is 7.58. The monoisotopic (exact) mass is 332 g/mol. The average molecular weight is 332 g/mol. The fourth-order valence-corrected chi connectivity index (χ4v) is 2.04. The second-order valence-electron chi connectivity index (χ2n) is 5.22. The number of nitrogens with one attached hydrogen (secondary N) is 1. The Bertz CT molecular complexity index is 693. The van der Waals surface area contributed by atoms with Gasteiger partial charge in [0.25, 0.3) is 5.91 Å². The van der Waals surface area contributed by atoms with Crippen molar-refractivity contribution in [1.29, 1.82) is 0 Å². The van der Waals surface area contributed by atoms with Gasteiger partial charge in [0.1, 0.15) is 11.5 Å². The SMILES string of the molecule is CC[C@@H](Oc1ccc(CC(=O)OC)cc1)C(=O)Nc1cc(C)on1. The summed E-state index contributed by atoms with van der Waals surface area (Å²) in [5, 5.41) is 6.37. The molecule has 7 heteroatoms. The highest BCUT2D eigenvalue weighted by molar-refractivity contribution is 5.93. The van der Waals surface area contributed by atoms with E-state index in [0.717, 1.165) is 5.56 Å². The van der Waals surface area contributed by atoms with Gasteiger partial charge in [-0.1, -0.05) is 24.2 Å². The second kappa shape index (κ2) is 8.14. The van der Waals surface area contributed by atoms with E-state index in [-0.39, 0.29) is 18.3 Å². The van der Waals surface area contributed by atoms with Gasteiger partial charge in [0.15, 0.2) is 11.9 Å². The van der Waals surface area contributed by atoms with E-state index >= 15 is 0 Å². The summed E-state index contributed by atoms with van der Waals surface area (Å²) in [5.41, 5.74) is 0.810. The van der Waals surface area contributed by atoms with Crippen molar-refractivity contribution in [3.8, 4) is 5.75 Å². The van der Waals surface area contributed by atoms with Crippen LogP contribution in [0.1, 0.15) is 24.7 Å². The van der Waals surface area contributed by atoms with Crippen LogP contribution in [-0.2, 0) is 20.7 Å². The molecular formula is C17H20N2O5. The smallest absolute Gasteiger partial charge is 0.309 e. The van der Waals surface area contributed by atoms with Crippen LogP contribution in [-0.4, -0.2) is 30.2 Å². The Kier molecular flexibility index (Phi) is 5.95. The number of amides is 1. The fourth-order valence-electron chi connectivity index (χ4n) is 2.04. The Morgan fingerprint density at radius 1 is 1.29 bits per heavy atom. The van der Waals surface area contributed by atoms with Gasteiger partial charge in [0, 0.05) is 6.07 Å². The Morgan fingerprint density at radius 2 is 2.00 bits per heavy atom. The van der Waals surface area contributed by atoms with Gasteiger partial charge in [-0.25, -0.2) is 0 Å². The summed E-state index contributed by atoms with van der Waals surface area (Å²) in [6, 6.07) is 8.59. The van der Waals surface area contributed by atoms with Crippen molar-refractivity contribution < 1.29 is 23.6 Å². The maximum atomic E-state index is 12.2. The van der Waals surface area contributed by atoms with Crippen LogP contribution in [0.15, 0.2) is 34.9 Å². The minimum atomic E-state index is -0.659. The number of nitrogens with zero attached hydrogens (tertiary/aromatic N) is 1. The van der Waals surface area contributed by atoms with Crippen molar-refractivity contribution in [3.05, 3.63) is 41.7 Å². The summed E-state index contributed by atoms with van der Waals surface area (Å²) in [7, 11) is 1.35. The first kappa shape index (κ1) is 17.5. The Morgan fingerprint density at radius 3 is 2.54 bits per heavy atom. The van der Waals surface area contributed by atoms with Crippen LogP contribution in [0.5, 0.6) is 5.75 Å². The van der Waals surface area contributed by atoms with Crippen LogP contribution in [0.3, 0.4) is 0 Å². The summed E-state index contributed by atoms with van der Waals surface area (Å²) in [4.78, 5) is 23.5. The largest absolute Gasteiger partial charge is 0.481 e. The van der Waals surface area contributed by atoms with E-state index in [2.05, 4.69) is 15.2 Å². The third kappa shape index (κ3) is 4.84. The molecule has 2 rings (SSSR count). The zero-order chi connectivity index (χ0) is 17.5. The van der Waals surface area contributed by atoms with Gasteiger partial charge in [0.2, 0.25) is 0 Å². The van der Waals surface area contributed by atoms with Gasteiger partial charge in [0.05, 0.1) is 13.5 Å². The van der Waals surface area contributed by atoms with Gasteiger partial charge in [-0.3, -0.25) is 9.59 Å². The van der Waals surface area contributed by atoms with Crippen LogP contribution < -0.4 is 10.1 Å².